The van der Waals surface area contributed by atoms with Crippen molar-refractivity contribution in [2.45, 2.75) is 25.0 Å². The molecule has 0 aromatic heterocycles. The molecule has 112 valence electrons. The molecule has 0 unspecified atom stereocenters. The van der Waals surface area contributed by atoms with E-state index in [1.54, 1.807) is 12.1 Å². The Bertz CT molecular complexity index is 559. The molecular weight excluding hydrogens is 294 g/mol. The van der Waals surface area contributed by atoms with Gasteiger partial charge in [0, 0.05) is 11.6 Å². The van der Waals surface area contributed by atoms with Crippen molar-refractivity contribution >= 4 is 23.5 Å². The van der Waals surface area contributed by atoms with Gasteiger partial charge in [-0.15, -0.1) is 0 Å². The van der Waals surface area contributed by atoms with E-state index < -0.39 is 17.8 Å². The van der Waals surface area contributed by atoms with E-state index >= 15 is 0 Å². The van der Waals surface area contributed by atoms with Crippen LogP contribution in [0.25, 0.3) is 0 Å². The van der Waals surface area contributed by atoms with E-state index in [9.17, 15) is 9.59 Å². The number of carbonyl (C=O) groups is 2. The molecule has 4 atom stereocenters. The summed E-state index contributed by atoms with van der Waals surface area (Å²) in [6, 6.07) is 7.23. The van der Waals surface area contributed by atoms with Crippen molar-refractivity contribution in [3.05, 3.63) is 34.9 Å². The van der Waals surface area contributed by atoms with Crippen molar-refractivity contribution in [1.29, 1.82) is 0 Å². The van der Waals surface area contributed by atoms with Gasteiger partial charge in [-0.25, -0.2) is 0 Å². The van der Waals surface area contributed by atoms with Crippen LogP contribution in [0.1, 0.15) is 24.5 Å². The number of carboxylic acid groups (broad SMARTS) is 1. The lowest BCUT2D eigenvalue weighted by molar-refractivity contribution is -0.140. The number of nitrogens with one attached hydrogen (secondary N) is 1. The zero-order chi connectivity index (χ0) is 15.0. The van der Waals surface area contributed by atoms with Crippen molar-refractivity contribution < 1.29 is 19.4 Å². The van der Waals surface area contributed by atoms with Crippen LogP contribution in [0.3, 0.4) is 0 Å². The minimum atomic E-state index is -0.896. The van der Waals surface area contributed by atoms with Gasteiger partial charge in [0.25, 0.3) is 0 Å². The fraction of sp³-hybridized carbons (Fsp3) is 0.467. The Morgan fingerprint density at radius 3 is 2.57 bits per heavy atom. The zero-order valence-corrected chi connectivity index (χ0v) is 12.0. The maximum atomic E-state index is 12.1. The predicted octanol–water partition coefficient (Wildman–Crippen LogP) is 2.01. The number of rotatable bonds is 4. The van der Waals surface area contributed by atoms with Gasteiger partial charge in [-0.05, 0) is 30.5 Å². The fourth-order valence-electron chi connectivity index (χ4n) is 2.77. The first-order valence-electron chi connectivity index (χ1n) is 6.96. The number of aliphatic carboxylic acids is 1. The Balaban J connectivity index is 1.63. The first-order valence-corrected chi connectivity index (χ1v) is 7.34. The van der Waals surface area contributed by atoms with Crippen LogP contribution in [0.5, 0.6) is 0 Å². The van der Waals surface area contributed by atoms with E-state index in [1.807, 2.05) is 12.1 Å². The normalized spacial score (nSPS) is 30.9. The molecule has 1 amide bonds. The fourth-order valence-corrected chi connectivity index (χ4v) is 2.89. The van der Waals surface area contributed by atoms with Crippen LogP contribution in [0.2, 0.25) is 5.02 Å². The summed E-state index contributed by atoms with van der Waals surface area (Å²) in [5.41, 5.74) is 0.966. The van der Waals surface area contributed by atoms with Gasteiger partial charge in [0.2, 0.25) is 5.91 Å². The highest BCUT2D eigenvalue weighted by molar-refractivity contribution is 6.30. The first kappa shape index (κ1) is 14.4. The summed E-state index contributed by atoms with van der Waals surface area (Å²) < 4.78 is 5.69. The molecule has 21 heavy (non-hydrogen) atoms. The third kappa shape index (κ3) is 3.04. The molecule has 1 heterocycles. The van der Waals surface area contributed by atoms with Crippen LogP contribution >= 0.6 is 11.6 Å². The highest BCUT2D eigenvalue weighted by Crippen LogP contribution is 2.39. The number of amides is 1. The van der Waals surface area contributed by atoms with Gasteiger partial charge >= 0.3 is 5.97 Å². The third-order valence-electron chi connectivity index (χ3n) is 4.06. The number of hydrogen-bond acceptors (Lipinski definition) is 3. The maximum absolute atomic E-state index is 12.1. The molecular formula is C15H16ClNO4. The zero-order valence-electron chi connectivity index (χ0n) is 11.3. The molecule has 1 saturated carbocycles. The van der Waals surface area contributed by atoms with E-state index in [1.165, 1.54) is 0 Å². The van der Waals surface area contributed by atoms with E-state index in [0.717, 1.165) is 12.0 Å². The summed E-state index contributed by atoms with van der Waals surface area (Å²) >= 11 is 5.87. The van der Waals surface area contributed by atoms with E-state index in [0.29, 0.717) is 18.1 Å². The van der Waals surface area contributed by atoms with Crippen LogP contribution in [-0.4, -0.2) is 29.6 Å². The number of ether oxygens (including phenoxy) is 1. The van der Waals surface area contributed by atoms with Gasteiger partial charge < -0.3 is 15.2 Å². The molecule has 2 N–H and O–H groups in total. The van der Waals surface area contributed by atoms with Gasteiger partial charge in [0.1, 0.15) is 6.10 Å². The smallest absolute Gasteiger partial charge is 0.307 e. The lowest BCUT2D eigenvalue weighted by Gasteiger charge is -2.20. The minimum Gasteiger partial charge on any atom is -0.481 e. The topological polar surface area (TPSA) is 75.6 Å². The summed E-state index contributed by atoms with van der Waals surface area (Å²) in [4.78, 5) is 22.9. The largest absolute Gasteiger partial charge is 0.481 e. The second-order valence-corrected chi connectivity index (χ2v) is 5.97. The molecule has 1 aromatic rings. The van der Waals surface area contributed by atoms with Gasteiger partial charge in [0.15, 0.2) is 0 Å². The van der Waals surface area contributed by atoms with Gasteiger partial charge in [-0.1, -0.05) is 23.7 Å². The molecule has 1 saturated heterocycles. The van der Waals surface area contributed by atoms with Crippen molar-refractivity contribution in [1.82, 2.24) is 5.32 Å². The lowest BCUT2D eigenvalue weighted by atomic mass is 10.0. The number of carboxylic acids is 1. The van der Waals surface area contributed by atoms with Crippen LogP contribution in [0, 0.1) is 11.8 Å². The Morgan fingerprint density at radius 2 is 1.95 bits per heavy atom. The molecule has 0 bridgehead atoms. The summed E-state index contributed by atoms with van der Waals surface area (Å²) in [7, 11) is 0. The Labute approximate surface area is 127 Å². The summed E-state index contributed by atoms with van der Waals surface area (Å²) in [5.74, 6) is -2.00. The number of hydrogen-bond donors (Lipinski definition) is 2. The quantitative estimate of drug-likeness (QED) is 0.892. The molecule has 1 aliphatic heterocycles. The average Bonchev–Trinajstić information content (AvgIpc) is 3.15. The molecule has 6 heteroatoms. The van der Waals surface area contributed by atoms with Crippen molar-refractivity contribution in [3.8, 4) is 0 Å². The molecule has 1 aromatic carbocycles. The molecule has 3 rings (SSSR count). The maximum Gasteiger partial charge on any atom is 0.307 e. The summed E-state index contributed by atoms with van der Waals surface area (Å²) in [6.07, 6.45) is 0.956. The lowest BCUT2D eigenvalue weighted by Crippen LogP contribution is -2.38. The van der Waals surface area contributed by atoms with Crippen LogP contribution < -0.4 is 5.32 Å². The van der Waals surface area contributed by atoms with Crippen LogP contribution in [0.4, 0.5) is 0 Å². The standard InChI is InChI=1S/C15H16ClNO4/c16-9-3-1-8(2-4-9)13-12(5-6-21-13)17-14(18)10-7-11(10)15(19)20/h1-4,10-13H,5-7H2,(H,17,18)(H,19,20)/t10-,11+,12-,13-/m0/s1. The summed E-state index contributed by atoms with van der Waals surface area (Å²) in [5, 5.41) is 12.5. The first-order chi connectivity index (χ1) is 10.1. The number of benzene rings is 1. The van der Waals surface area contributed by atoms with Crippen molar-refractivity contribution in [3.63, 3.8) is 0 Å². The van der Waals surface area contributed by atoms with E-state index in [4.69, 9.17) is 21.4 Å². The number of halogens is 1. The van der Waals surface area contributed by atoms with Gasteiger partial charge in [0.05, 0.1) is 17.9 Å². The summed E-state index contributed by atoms with van der Waals surface area (Å²) in [6.45, 7) is 0.575. The molecule has 2 aliphatic rings. The van der Waals surface area contributed by atoms with E-state index in [-0.39, 0.29) is 18.1 Å². The molecule has 0 spiro atoms. The SMILES string of the molecule is O=C(N[C@H]1CCO[C@H]1c1ccc(Cl)cc1)[C@H]1C[C@H]1C(=O)O. The highest BCUT2D eigenvalue weighted by atomic mass is 35.5. The Morgan fingerprint density at radius 1 is 1.24 bits per heavy atom. The Kier molecular flexibility index (Phi) is 3.87. The molecule has 5 nitrogen and oxygen atoms in total. The number of carbonyl (C=O) groups excluding carboxylic acids is 1. The second kappa shape index (κ2) is 5.66. The predicted molar refractivity (Wildman–Crippen MR) is 75.9 cm³/mol. The van der Waals surface area contributed by atoms with Crippen molar-refractivity contribution in [2.75, 3.05) is 6.61 Å². The highest BCUT2D eigenvalue weighted by Gasteiger charge is 2.49. The Hall–Kier alpha value is -1.59. The minimum absolute atomic E-state index is 0.117. The van der Waals surface area contributed by atoms with E-state index in [2.05, 4.69) is 5.32 Å². The van der Waals surface area contributed by atoms with Crippen LogP contribution in [0.15, 0.2) is 24.3 Å². The molecule has 0 radical (unpaired) electrons. The average molecular weight is 310 g/mol. The molecule has 1 aliphatic carbocycles. The second-order valence-electron chi connectivity index (χ2n) is 5.53. The monoisotopic (exact) mass is 309 g/mol. The third-order valence-corrected chi connectivity index (χ3v) is 4.31. The molecule has 2 fully saturated rings. The van der Waals surface area contributed by atoms with Gasteiger partial charge in [-0.2, -0.15) is 0 Å². The van der Waals surface area contributed by atoms with Gasteiger partial charge in [-0.3, -0.25) is 9.59 Å². The van der Waals surface area contributed by atoms with Crippen LogP contribution in [-0.2, 0) is 14.3 Å². The van der Waals surface area contributed by atoms with Crippen molar-refractivity contribution in [2.24, 2.45) is 11.8 Å².